The molecular formula is C8H7NO6. The van der Waals surface area contributed by atoms with E-state index in [9.17, 15) is 14.4 Å². The number of aliphatic carboxylic acids is 1. The van der Waals surface area contributed by atoms with Gasteiger partial charge in [-0.1, -0.05) is 0 Å². The van der Waals surface area contributed by atoms with Gasteiger partial charge in [0, 0.05) is 11.8 Å². The first-order valence-corrected chi connectivity index (χ1v) is 3.82. The van der Waals surface area contributed by atoms with Crippen molar-refractivity contribution in [3.05, 3.63) is 27.7 Å². The van der Waals surface area contributed by atoms with Crippen molar-refractivity contribution in [1.29, 1.82) is 0 Å². The summed E-state index contributed by atoms with van der Waals surface area (Å²) in [7, 11) is 0. The number of H-pyrrole nitrogens is 1. The van der Waals surface area contributed by atoms with Gasteiger partial charge in [-0.3, -0.25) is 9.59 Å². The maximum absolute atomic E-state index is 10.9. The van der Waals surface area contributed by atoms with E-state index in [-0.39, 0.29) is 5.69 Å². The Kier molecular flexibility index (Phi) is 2.75. The number of aromatic hydroxyl groups is 1. The van der Waals surface area contributed by atoms with Crippen LogP contribution in [-0.2, 0) is 11.2 Å². The second-order valence-electron chi connectivity index (χ2n) is 2.75. The predicted molar refractivity (Wildman–Crippen MR) is 47.0 cm³/mol. The summed E-state index contributed by atoms with van der Waals surface area (Å²) in [6.45, 7) is 0. The Labute approximate surface area is 82.6 Å². The fourth-order valence-corrected chi connectivity index (χ4v) is 1.12. The van der Waals surface area contributed by atoms with Crippen LogP contribution in [0.15, 0.2) is 10.9 Å². The Balaban J connectivity index is 3.39. The van der Waals surface area contributed by atoms with E-state index in [0.717, 1.165) is 0 Å². The Morgan fingerprint density at radius 1 is 1.33 bits per heavy atom. The monoisotopic (exact) mass is 213 g/mol. The summed E-state index contributed by atoms with van der Waals surface area (Å²) in [4.78, 5) is 33.9. The van der Waals surface area contributed by atoms with Crippen molar-refractivity contribution in [1.82, 2.24) is 4.98 Å². The van der Waals surface area contributed by atoms with Crippen LogP contribution in [0, 0.1) is 0 Å². The molecule has 1 rings (SSSR count). The number of carboxylic acid groups (broad SMARTS) is 2. The van der Waals surface area contributed by atoms with Gasteiger partial charge in [0.25, 0.3) is 5.56 Å². The molecule has 0 saturated carbocycles. The Morgan fingerprint density at radius 3 is 2.40 bits per heavy atom. The number of carbonyl (C=O) groups is 2. The molecule has 7 nitrogen and oxygen atoms in total. The molecule has 1 aromatic heterocycles. The van der Waals surface area contributed by atoms with E-state index in [4.69, 9.17) is 15.3 Å². The quantitative estimate of drug-likeness (QED) is 0.531. The highest BCUT2D eigenvalue weighted by atomic mass is 16.4. The zero-order valence-electron chi connectivity index (χ0n) is 7.35. The first-order valence-electron chi connectivity index (χ1n) is 3.82. The lowest BCUT2D eigenvalue weighted by molar-refractivity contribution is -0.136. The summed E-state index contributed by atoms with van der Waals surface area (Å²) in [6, 6.07) is 0.675. The van der Waals surface area contributed by atoms with Crippen LogP contribution in [0.4, 0.5) is 0 Å². The standard InChI is InChI=1S/C8H7NO6/c10-4-2-5(11)9-3(1-6(12)13)7(4)8(14)15/h2H,1H2,(H,12,13)(H,14,15)(H2,9,10,11). The van der Waals surface area contributed by atoms with E-state index < -0.39 is 35.2 Å². The fourth-order valence-electron chi connectivity index (χ4n) is 1.12. The average Bonchev–Trinajstić information content (AvgIpc) is 1.99. The molecule has 0 spiro atoms. The van der Waals surface area contributed by atoms with E-state index in [1.807, 2.05) is 0 Å². The Morgan fingerprint density at radius 2 is 1.93 bits per heavy atom. The second kappa shape index (κ2) is 3.82. The second-order valence-corrected chi connectivity index (χ2v) is 2.75. The molecule has 4 N–H and O–H groups in total. The van der Waals surface area contributed by atoms with Gasteiger partial charge in [0.15, 0.2) is 0 Å². The van der Waals surface area contributed by atoms with Crippen LogP contribution in [0.25, 0.3) is 0 Å². The minimum absolute atomic E-state index is 0.333. The molecule has 0 fully saturated rings. The van der Waals surface area contributed by atoms with E-state index in [0.29, 0.717) is 6.07 Å². The summed E-state index contributed by atoms with van der Waals surface area (Å²) in [5.74, 6) is -3.55. The maximum atomic E-state index is 10.9. The molecule has 1 aromatic rings. The largest absolute Gasteiger partial charge is 0.507 e. The highest BCUT2D eigenvalue weighted by Crippen LogP contribution is 2.17. The van der Waals surface area contributed by atoms with Crippen molar-refractivity contribution in [3.63, 3.8) is 0 Å². The molecule has 0 saturated heterocycles. The SMILES string of the molecule is O=C(O)Cc1[nH]c(=O)cc(O)c1C(=O)O. The molecule has 15 heavy (non-hydrogen) atoms. The Bertz CT molecular complexity index is 475. The van der Waals surface area contributed by atoms with Crippen LogP contribution < -0.4 is 5.56 Å². The number of carboxylic acids is 2. The van der Waals surface area contributed by atoms with Crippen LogP contribution >= 0.6 is 0 Å². The highest BCUT2D eigenvalue weighted by Gasteiger charge is 2.18. The lowest BCUT2D eigenvalue weighted by atomic mass is 10.1. The smallest absolute Gasteiger partial charge is 0.341 e. The highest BCUT2D eigenvalue weighted by molar-refractivity contribution is 5.93. The zero-order chi connectivity index (χ0) is 11.6. The molecule has 0 aliphatic rings. The number of pyridine rings is 1. The zero-order valence-corrected chi connectivity index (χ0v) is 7.35. The maximum Gasteiger partial charge on any atom is 0.341 e. The van der Waals surface area contributed by atoms with Gasteiger partial charge in [0.05, 0.1) is 6.42 Å². The third kappa shape index (κ3) is 2.33. The van der Waals surface area contributed by atoms with Crippen molar-refractivity contribution in [2.45, 2.75) is 6.42 Å². The summed E-state index contributed by atoms with van der Waals surface area (Å²) in [5.41, 5.74) is -1.69. The predicted octanol–water partition coefficient (Wildman–Crippen LogP) is -0.594. The van der Waals surface area contributed by atoms with Gasteiger partial charge < -0.3 is 20.3 Å². The molecule has 0 amide bonds. The summed E-state index contributed by atoms with van der Waals surface area (Å²) >= 11 is 0. The molecular weight excluding hydrogens is 206 g/mol. The molecule has 80 valence electrons. The number of aromatic carboxylic acids is 1. The van der Waals surface area contributed by atoms with Gasteiger partial charge >= 0.3 is 11.9 Å². The molecule has 0 aromatic carbocycles. The number of aromatic nitrogens is 1. The first kappa shape index (κ1) is 10.8. The lowest BCUT2D eigenvalue weighted by Crippen LogP contribution is -2.16. The Hall–Kier alpha value is -2.31. The van der Waals surface area contributed by atoms with Crippen LogP contribution in [0.1, 0.15) is 16.1 Å². The molecule has 0 bridgehead atoms. The molecule has 0 atom stereocenters. The summed E-state index contributed by atoms with van der Waals surface area (Å²) < 4.78 is 0. The van der Waals surface area contributed by atoms with Crippen LogP contribution in [0.3, 0.4) is 0 Å². The van der Waals surface area contributed by atoms with Crippen molar-refractivity contribution < 1.29 is 24.9 Å². The first-order chi connectivity index (χ1) is 6.91. The molecule has 1 heterocycles. The van der Waals surface area contributed by atoms with Crippen LogP contribution in [0.2, 0.25) is 0 Å². The van der Waals surface area contributed by atoms with E-state index in [1.165, 1.54) is 0 Å². The van der Waals surface area contributed by atoms with E-state index in [1.54, 1.807) is 0 Å². The summed E-state index contributed by atoms with van der Waals surface area (Å²) in [6.07, 6.45) is -0.675. The third-order valence-electron chi connectivity index (χ3n) is 1.64. The van der Waals surface area contributed by atoms with Crippen molar-refractivity contribution in [2.24, 2.45) is 0 Å². The fraction of sp³-hybridized carbons (Fsp3) is 0.125. The minimum atomic E-state index is -1.50. The van der Waals surface area contributed by atoms with E-state index in [2.05, 4.69) is 4.98 Å². The number of rotatable bonds is 3. The molecule has 0 aliphatic carbocycles. The molecule has 7 heteroatoms. The van der Waals surface area contributed by atoms with Gasteiger partial charge in [0.1, 0.15) is 11.3 Å². The van der Waals surface area contributed by atoms with Gasteiger partial charge in [-0.05, 0) is 0 Å². The van der Waals surface area contributed by atoms with Gasteiger partial charge in [-0.2, -0.15) is 0 Å². The minimum Gasteiger partial charge on any atom is -0.507 e. The number of hydrogen-bond donors (Lipinski definition) is 4. The number of nitrogens with one attached hydrogen (secondary N) is 1. The van der Waals surface area contributed by atoms with Gasteiger partial charge in [-0.15, -0.1) is 0 Å². The topological polar surface area (TPSA) is 128 Å². The molecule has 0 radical (unpaired) electrons. The number of aromatic amines is 1. The number of hydrogen-bond acceptors (Lipinski definition) is 4. The molecule has 0 aliphatic heterocycles. The van der Waals surface area contributed by atoms with Crippen LogP contribution in [-0.4, -0.2) is 32.2 Å². The van der Waals surface area contributed by atoms with Crippen molar-refractivity contribution in [2.75, 3.05) is 0 Å². The third-order valence-corrected chi connectivity index (χ3v) is 1.64. The van der Waals surface area contributed by atoms with Crippen molar-refractivity contribution >= 4 is 11.9 Å². The normalized spacial score (nSPS) is 9.87. The summed E-state index contributed by atoms with van der Waals surface area (Å²) in [5, 5.41) is 26.3. The van der Waals surface area contributed by atoms with Gasteiger partial charge in [-0.25, -0.2) is 4.79 Å². The van der Waals surface area contributed by atoms with Crippen LogP contribution in [0.5, 0.6) is 5.75 Å². The van der Waals surface area contributed by atoms with E-state index >= 15 is 0 Å². The molecule has 0 unspecified atom stereocenters. The van der Waals surface area contributed by atoms with Crippen molar-refractivity contribution in [3.8, 4) is 5.75 Å². The average molecular weight is 213 g/mol. The lowest BCUT2D eigenvalue weighted by Gasteiger charge is -2.04. The van der Waals surface area contributed by atoms with Gasteiger partial charge in [0.2, 0.25) is 0 Å².